The molecule has 2 aliphatic heterocycles. The van der Waals surface area contributed by atoms with E-state index in [0.29, 0.717) is 37.9 Å². The van der Waals surface area contributed by atoms with Gasteiger partial charge in [0.05, 0.1) is 5.41 Å². The molecule has 28 heavy (non-hydrogen) atoms. The molecule has 0 aromatic carbocycles. The summed E-state index contributed by atoms with van der Waals surface area (Å²) in [5.74, 6) is 2.13. The Kier molecular flexibility index (Phi) is 4.07. The fourth-order valence-electron chi connectivity index (χ4n) is 5.71. The molecule has 152 valence electrons. The third-order valence-corrected chi connectivity index (χ3v) is 7.56. The van der Waals surface area contributed by atoms with Gasteiger partial charge in [-0.15, -0.1) is 0 Å². The summed E-state index contributed by atoms with van der Waals surface area (Å²) in [7, 11) is 0. The van der Waals surface area contributed by atoms with Crippen molar-refractivity contribution in [2.75, 3.05) is 26.2 Å². The first-order valence-electron chi connectivity index (χ1n) is 10.8. The highest BCUT2D eigenvalue weighted by Gasteiger charge is 2.60. The van der Waals surface area contributed by atoms with Crippen molar-refractivity contribution in [2.45, 2.75) is 64.2 Å². The van der Waals surface area contributed by atoms with Crippen molar-refractivity contribution in [1.29, 1.82) is 0 Å². The maximum absolute atomic E-state index is 13.4. The van der Waals surface area contributed by atoms with Crippen molar-refractivity contribution >= 4 is 11.8 Å². The lowest BCUT2D eigenvalue weighted by Gasteiger charge is -2.36. The van der Waals surface area contributed by atoms with Crippen LogP contribution in [0.4, 0.5) is 0 Å². The maximum atomic E-state index is 13.4. The van der Waals surface area contributed by atoms with E-state index in [2.05, 4.69) is 17.1 Å². The summed E-state index contributed by atoms with van der Waals surface area (Å²) >= 11 is 0. The SMILES string of the molecule is Cc1noc([C@@]23CN(C(=O)C4CC4)C[C@@H]2CN(C(=O)C2(C)CCCCC2)C3)n1. The molecule has 2 saturated heterocycles. The molecule has 0 unspecified atom stereocenters. The van der Waals surface area contributed by atoms with Crippen LogP contribution in [0.3, 0.4) is 0 Å². The van der Waals surface area contributed by atoms with E-state index < -0.39 is 5.41 Å². The van der Waals surface area contributed by atoms with Gasteiger partial charge in [0.25, 0.3) is 0 Å². The second kappa shape index (κ2) is 6.29. The summed E-state index contributed by atoms with van der Waals surface area (Å²) in [4.78, 5) is 34.7. The lowest BCUT2D eigenvalue weighted by atomic mass is 9.74. The van der Waals surface area contributed by atoms with Crippen molar-refractivity contribution in [3.8, 4) is 0 Å². The number of nitrogens with zero attached hydrogens (tertiary/aromatic N) is 4. The van der Waals surface area contributed by atoms with E-state index in [1.165, 1.54) is 6.42 Å². The van der Waals surface area contributed by atoms with Gasteiger partial charge in [-0.3, -0.25) is 9.59 Å². The van der Waals surface area contributed by atoms with Crippen LogP contribution in [0, 0.1) is 24.2 Å². The van der Waals surface area contributed by atoms with Crippen LogP contribution >= 0.6 is 0 Å². The third-order valence-electron chi connectivity index (χ3n) is 7.56. The molecule has 7 nitrogen and oxygen atoms in total. The Morgan fingerprint density at radius 2 is 1.75 bits per heavy atom. The number of aromatic nitrogens is 2. The summed E-state index contributed by atoms with van der Waals surface area (Å²) in [6, 6.07) is 0. The molecule has 0 bridgehead atoms. The Hall–Kier alpha value is -1.92. The molecule has 2 atom stereocenters. The van der Waals surface area contributed by atoms with Crippen LogP contribution in [-0.4, -0.2) is 57.9 Å². The molecule has 5 rings (SSSR count). The van der Waals surface area contributed by atoms with Crippen molar-refractivity contribution < 1.29 is 14.1 Å². The monoisotopic (exact) mass is 386 g/mol. The molecule has 4 fully saturated rings. The van der Waals surface area contributed by atoms with Crippen LogP contribution in [-0.2, 0) is 15.0 Å². The summed E-state index contributed by atoms with van der Waals surface area (Å²) in [6.45, 7) is 6.51. The second-order valence-corrected chi connectivity index (χ2v) is 9.80. The highest BCUT2D eigenvalue weighted by Crippen LogP contribution is 2.48. The summed E-state index contributed by atoms with van der Waals surface area (Å²) in [6.07, 6.45) is 7.48. The minimum absolute atomic E-state index is 0.172. The number of aryl methyl sites for hydroxylation is 1. The van der Waals surface area contributed by atoms with E-state index in [1.54, 1.807) is 0 Å². The molecule has 2 aliphatic carbocycles. The predicted octanol–water partition coefficient (Wildman–Crippen LogP) is 2.30. The number of carbonyl (C=O) groups excluding carboxylic acids is 2. The van der Waals surface area contributed by atoms with Gasteiger partial charge >= 0.3 is 0 Å². The summed E-state index contributed by atoms with van der Waals surface area (Å²) < 4.78 is 5.62. The average Bonchev–Trinajstić information content (AvgIpc) is 3.18. The standard InChI is InChI=1S/C21H30N4O3/c1-14-22-18(28-23-14)21-12-24(17(26)15-6-7-15)10-16(21)11-25(13-21)19(27)20(2)8-4-3-5-9-20/h15-16H,3-13H2,1-2H3/t16-,21-/m1/s1. The predicted molar refractivity (Wildman–Crippen MR) is 101 cm³/mol. The lowest BCUT2D eigenvalue weighted by molar-refractivity contribution is -0.142. The smallest absolute Gasteiger partial charge is 0.236 e. The lowest BCUT2D eigenvalue weighted by Crippen LogP contribution is -2.46. The first-order chi connectivity index (χ1) is 13.4. The fourth-order valence-corrected chi connectivity index (χ4v) is 5.71. The van der Waals surface area contributed by atoms with Crippen molar-refractivity contribution in [1.82, 2.24) is 19.9 Å². The van der Waals surface area contributed by atoms with E-state index in [-0.39, 0.29) is 29.1 Å². The summed E-state index contributed by atoms with van der Waals surface area (Å²) in [5, 5.41) is 4.01. The largest absolute Gasteiger partial charge is 0.341 e. The minimum atomic E-state index is -0.410. The van der Waals surface area contributed by atoms with Crippen LogP contribution in [0.5, 0.6) is 0 Å². The zero-order valence-electron chi connectivity index (χ0n) is 16.9. The molecule has 1 aromatic rings. The number of hydrogen-bond donors (Lipinski definition) is 0. The van der Waals surface area contributed by atoms with Gasteiger partial charge in [-0.05, 0) is 32.6 Å². The van der Waals surface area contributed by atoms with Gasteiger partial charge in [-0.1, -0.05) is 31.3 Å². The number of hydrogen-bond acceptors (Lipinski definition) is 5. The van der Waals surface area contributed by atoms with Gasteiger partial charge in [0, 0.05) is 43.4 Å². The second-order valence-electron chi connectivity index (χ2n) is 9.80. The van der Waals surface area contributed by atoms with Gasteiger partial charge in [-0.25, -0.2) is 0 Å². The molecule has 7 heteroatoms. The Balaban J connectivity index is 1.41. The molecule has 0 N–H and O–H groups in total. The Morgan fingerprint density at radius 3 is 2.39 bits per heavy atom. The molecular weight excluding hydrogens is 356 g/mol. The Labute approximate surface area is 165 Å². The first kappa shape index (κ1) is 18.1. The number of fused-ring (bicyclic) bond motifs is 1. The zero-order chi connectivity index (χ0) is 19.5. The van der Waals surface area contributed by atoms with Crippen LogP contribution in [0.25, 0.3) is 0 Å². The van der Waals surface area contributed by atoms with Gasteiger partial charge in [0.1, 0.15) is 0 Å². The van der Waals surface area contributed by atoms with Gasteiger partial charge in [0.2, 0.25) is 17.7 Å². The highest BCUT2D eigenvalue weighted by molar-refractivity contribution is 5.84. The zero-order valence-corrected chi connectivity index (χ0v) is 16.9. The Bertz CT molecular complexity index is 795. The number of amides is 2. The third kappa shape index (κ3) is 2.77. The molecule has 3 heterocycles. The van der Waals surface area contributed by atoms with Crippen LogP contribution < -0.4 is 0 Å². The molecular formula is C21H30N4O3. The molecule has 0 radical (unpaired) electrons. The van der Waals surface area contributed by atoms with E-state index in [0.717, 1.165) is 38.5 Å². The van der Waals surface area contributed by atoms with Crippen molar-refractivity contribution in [3.63, 3.8) is 0 Å². The maximum Gasteiger partial charge on any atom is 0.236 e. The molecule has 0 spiro atoms. The normalized spacial score (nSPS) is 31.9. The van der Waals surface area contributed by atoms with Crippen LogP contribution in [0.15, 0.2) is 4.52 Å². The molecule has 1 aromatic heterocycles. The van der Waals surface area contributed by atoms with Crippen LogP contribution in [0.1, 0.15) is 63.6 Å². The van der Waals surface area contributed by atoms with Gasteiger partial charge in [0.15, 0.2) is 5.82 Å². The highest BCUT2D eigenvalue weighted by atomic mass is 16.5. The van der Waals surface area contributed by atoms with Crippen LogP contribution in [0.2, 0.25) is 0 Å². The Morgan fingerprint density at radius 1 is 1.07 bits per heavy atom. The van der Waals surface area contributed by atoms with Gasteiger partial charge < -0.3 is 14.3 Å². The van der Waals surface area contributed by atoms with Crippen molar-refractivity contribution in [2.24, 2.45) is 17.3 Å². The topological polar surface area (TPSA) is 79.5 Å². The molecule has 2 saturated carbocycles. The average molecular weight is 386 g/mol. The molecule has 2 amide bonds. The van der Waals surface area contributed by atoms with E-state index >= 15 is 0 Å². The molecule has 4 aliphatic rings. The number of rotatable bonds is 3. The fraction of sp³-hybridized carbons (Fsp3) is 0.810. The van der Waals surface area contributed by atoms with Gasteiger partial charge in [-0.2, -0.15) is 4.98 Å². The van der Waals surface area contributed by atoms with E-state index in [4.69, 9.17) is 4.52 Å². The summed E-state index contributed by atoms with van der Waals surface area (Å²) in [5.41, 5.74) is -0.654. The quantitative estimate of drug-likeness (QED) is 0.796. The minimum Gasteiger partial charge on any atom is -0.341 e. The number of carbonyl (C=O) groups is 2. The van der Waals surface area contributed by atoms with E-state index in [1.807, 2.05) is 16.7 Å². The van der Waals surface area contributed by atoms with E-state index in [9.17, 15) is 9.59 Å². The van der Waals surface area contributed by atoms with Crippen molar-refractivity contribution in [3.05, 3.63) is 11.7 Å². The number of likely N-dealkylation sites (tertiary alicyclic amines) is 2. The first-order valence-corrected chi connectivity index (χ1v) is 10.8.